The molecular formula is C28H31FN2O3S. The zero-order valence-electron chi connectivity index (χ0n) is 19.9. The second kappa shape index (κ2) is 12.0. The summed E-state index contributed by atoms with van der Waals surface area (Å²) in [5.74, 6) is -0.0462. The van der Waals surface area contributed by atoms with Crippen LogP contribution in [0.5, 0.6) is 5.75 Å². The highest BCUT2D eigenvalue weighted by atomic mass is 32.1. The van der Waals surface area contributed by atoms with Crippen molar-refractivity contribution in [2.24, 2.45) is 0 Å². The number of benzene rings is 2. The van der Waals surface area contributed by atoms with E-state index in [1.165, 1.54) is 29.9 Å². The van der Waals surface area contributed by atoms with Gasteiger partial charge in [0.05, 0.1) is 13.5 Å². The minimum atomic E-state index is -0.868. The van der Waals surface area contributed by atoms with Crippen LogP contribution in [-0.2, 0) is 22.6 Å². The molecule has 1 aromatic heterocycles. The number of ether oxygens (including phenoxy) is 1. The first-order chi connectivity index (χ1) is 17.0. The van der Waals surface area contributed by atoms with Gasteiger partial charge in [0.25, 0.3) is 0 Å². The van der Waals surface area contributed by atoms with Gasteiger partial charge in [-0.15, -0.1) is 11.3 Å². The van der Waals surface area contributed by atoms with E-state index in [2.05, 4.69) is 5.32 Å². The molecule has 0 radical (unpaired) electrons. The Morgan fingerprint density at radius 2 is 1.77 bits per heavy atom. The molecule has 1 saturated carbocycles. The first-order valence-electron chi connectivity index (χ1n) is 12.0. The zero-order chi connectivity index (χ0) is 24.6. The van der Waals surface area contributed by atoms with Crippen LogP contribution in [0.1, 0.15) is 54.1 Å². The summed E-state index contributed by atoms with van der Waals surface area (Å²) in [4.78, 5) is 29.9. The van der Waals surface area contributed by atoms with Gasteiger partial charge >= 0.3 is 0 Å². The summed E-state index contributed by atoms with van der Waals surface area (Å²) in [6.45, 7) is 0.244. The zero-order valence-corrected chi connectivity index (χ0v) is 20.7. The molecule has 7 heteroatoms. The van der Waals surface area contributed by atoms with Crippen LogP contribution in [0.25, 0.3) is 0 Å². The molecule has 35 heavy (non-hydrogen) atoms. The van der Waals surface area contributed by atoms with Crippen LogP contribution in [0.3, 0.4) is 0 Å². The quantitative estimate of drug-likeness (QED) is 0.418. The minimum Gasteiger partial charge on any atom is -0.497 e. The molecule has 184 valence electrons. The SMILES string of the molecule is COc1ccc(CN(C(=O)Cc2cccs2)[C@@H](C(=O)NC2CCCCC2)c2ccc(F)cc2)cc1. The number of amides is 2. The van der Waals surface area contributed by atoms with Crippen molar-refractivity contribution < 1.29 is 18.7 Å². The monoisotopic (exact) mass is 494 g/mol. The van der Waals surface area contributed by atoms with Gasteiger partial charge in [0, 0.05) is 17.5 Å². The van der Waals surface area contributed by atoms with Crippen molar-refractivity contribution >= 4 is 23.2 Å². The molecule has 1 atom stereocenters. The van der Waals surface area contributed by atoms with Crippen molar-refractivity contribution in [3.05, 3.63) is 87.9 Å². The maximum Gasteiger partial charge on any atom is 0.247 e. The van der Waals surface area contributed by atoms with Crippen molar-refractivity contribution in [1.29, 1.82) is 0 Å². The van der Waals surface area contributed by atoms with Crippen molar-refractivity contribution in [3.63, 3.8) is 0 Å². The lowest BCUT2D eigenvalue weighted by atomic mass is 9.94. The molecule has 2 aromatic carbocycles. The van der Waals surface area contributed by atoms with Gasteiger partial charge < -0.3 is 15.0 Å². The van der Waals surface area contributed by atoms with E-state index in [9.17, 15) is 14.0 Å². The van der Waals surface area contributed by atoms with Gasteiger partial charge in [0.2, 0.25) is 11.8 Å². The number of carbonyl (C=O) groups is 2. The molecule has 5 nitrogen and oxygen atoms in total. The van der Waals surface area contributed by atoms with Crippen molar-refractivity contribution in [3.8, 4) is 5.75 Å². The Labute approximate surface area is 209 Å². The Morgan fingerprint density at radius 1 is 1.06 bits per heavy atom. The van der Waals surface area contributed by atoms with Crippen molar-refractivity contribution in [2.45, 2.75) is 57.2 Å². The topological polar surface area (TPSA) is 58.6 Å². The van der Waals surface area contributed by atoms with Crippen molar-refractivity contribution in [1.82, 2.24) is 10.2 Å². The van der Waals surface area contributed by atoms with E-state index >= 15 is 0 Å². The highest BCUT2D eigenvalue weighted by molar-refractivity contribution is 7.10. The number of methoxy groups -OCH3 is 1. The predicted octanol–water partition coefficient (Wildman–Crippen LogP) is 5.66. The first kappa shape index (κ1) is 24.9. The summed E-state index contributed by atoms with van der Waals surface area (Å²) in [5.41, 5.74) is 1.47. The molecule has 0 spiro atoms. The highest BCUT2D eigenvalue weighted by Gasteiger charge is 2.33. The molecule has 1 fully saturated rings. The number of halogens is 1. The summed E-state index contributed by atoms with van der Waals surface area (Å²) in [6, 6.07) is 16.4. The van der Waals surface area contributed by atoms with Crippen LogP contribution in [0.15, 0.2) is 66.0 Å². The Balaban J connectivity index is 1.68. The summed E-state index contributed by atoms with van der Waals surface area (Å²) in [6.07, 6.45) is 5.41. The average molecular weight is 495 g/mol. The van der Waals surface area contributed by atoms with Crippen LogP contribution in [0, 0.1) is 5.82 Å². The smallest absolute Gasteiger partial charge is 0.247 e. The Bertz CT molecular complexity index is 1090. The fraction of sp³-hybridized carbons (Fsp3) is 0.357. The van der Waals surface area contributed by atoms with Gasteiger partial charge in [-0.1, -0.05) is 49.6 Å². The molecule has 0 unspecified atom stereocenters. The van der Waals surface area contributed by atoms with E-state index in [4.69, 9.17) is 4.74 Å². The standard InChI is InChI=1S/C28H31FN2O3S/c1-34-24-15-9-20(10-16-24)19-31(26(32)18-25-8-5-17-35-25)27(21-11-13-22(29)14-12-21)28(33)30-23-6-3-2-4-7-23/h5,8-17,23,27H,2-4,6-7,18-19H2,1H3,(H,30,33)/t27-/m1/s1. The van der Waals surface area contributed by atoms with Gasteiger partial charge in [-0.25, -0.2) is 4.39 Å². The molecule has 4 rings (SSSR count). The molecule has 0 aliphatic heterocycles. The Kier molecular flexibility index (Phi) is 8.53. The van der Waals surface area contributed by atoms with E-state index in [1.54, 1.807) is 24.1 Å². The summed E-state index contributed by atoms with van der Waals surface area (Å²) in [5, 5.41) is 5.12. The molecule has 1 heterocycles. The average Bonchev–Trinajstić information content (AvgIpc) is 3.39. The number of nitrogens with zero attached hydrogens (tertiary/aromatic N) is 1. The van der Waals surface area contributed by atoms with Gasteiger partial charge in [0.1, 0.15) is 17.6 Å². The third-order valence-electron chi connectivity index (χ3n) is 6.44. The molecule has 1 N–H and O–H groups in total. The van der Waals surface area contributed by atoms with Crippen LogP contribution in [0.2, 0.25) is 0 Å². The maximum atomic E-state index is 13.8. The molecule has 1 aliphatic rings. The third kappa shape index (κ3) is 6.69. The fourth-order valence-corrected chi connectivity index (χ4v) is 5.26. The summed E-state index contributed by atoms with van der Waals surface area (Å²) in [7, 11) is 1.60. The van der Waals surface area contributed by atoms with E-state index < -0.39 is 6.04 Å². The van der Waals surface area contributed by atoms with E-state index in [0.717, 1.165) is 41.9 Å². The number of rotatable bonds is 9. The second-order valence-corrected chi connectivity index (χ2v) is 9.96. The Hall–Kier alpha value is -3.19. The lowest BCUT2D eigenvalue weighted by Gasteiger charge is -2.33. The molecule has 2 amide bonds. The molecule has 0 saturated heterocycles. The maximum absolute atomic E-state index is 13.8. The number of carbonyl (C=O) groups excluding carboxylic acids is 2. The van der Waals surface area contributed by atoms with Crippen LogP contribution in [0.4, 0.5) is 4.39 Å². The molecule has 3 aromatic rings. The predicted molar refractivity (Wildman–Crippen MR) is 136 cm³/mol. The highest BCUT2D eigenvalue weighted by Crippen LogP contribution is 2.28. The lowest BCUT2D eigenvalue weighted by Crippen LogP contribution is -2.47. The normalized spacial score (nSPS) is 14.8. The largest absolute Gasteiger partial charge is 0.497 e. The van der Waals surface area contributed by atoms with Crippen LogP contribution >= 0.6 is 11.3 Å². The number of thiophene rings is 1. The second-order valence-electron chi connectivity index (χ2n) is 8.92. The van der Waals surface area contributed by atoms with Crippen LogP contribution < -0.4 is 10.1 Å². The van der Waals surface area contributed by atoms with Crippen LogP contribution in [-0.4, -0.2) is 29.9 Å². The molecule has 0 bridgehead atoms. The number of hydrogen-bond acceptors (Lipinski definition) is 4. The minimum absolute atomic E-state index is 0.0921. The van der Waals surface area contributed by atoms with Crippen molar-refractivity contribution in [2.75, 3.05) is 7.11 Å². The number of nitrogens with one attached hydrogen (secondary N) is 1. The third-order valence-corrected chi connectivity index (χ3v) is 7.31. The van der Waals surface area contributed by atoms with E-state index in [-0.39, 0.29) is 36.6 Å². The lowest BCUT2D eigenvalue weighted by molar-refractivity contribution is -0.141. The van der Waals surface area contributed by atoms with E-state index in [1.807, 2.05) is 41.8 Å². The summed E-state index contributed by atoms with van der Waals surface area (Å²) >= 11 is 1.51. The van der Waals surface area contributed by atoms with Gasteiger partial charge in [-0.3, -0.25) is 9.59 Å². The van der Waals surface area contributed by atoms with Gasteiger partial charge in [-0.05, 0) is 59.7 Å². The van der Waals surface area contributed by atoms with E-state index in [0.29, 0.717) is 5.56 Å². The summed E-state index contributed by atoms with van der Waals surface area (Å²) < 4.78 is 19.0. The fourth-order valence-electron chi connectivity index (χ4n) is 4.56. The Morgan fingerprint density at radius 3 is 2.40 bits per heavy atom. The van der Waals surface area contributed by atoms with Gasteiger partial charge in [-0.2, -0.15) is 0 Å². The number of hydrogen-bond donors (Lipinski definition) is 1. The molecule has 1 aliphatic carbocycles. The molecular weight excluding hydrogens is 463 g/mol. The van der Waals surface area contributed by atoms with Gasteiger partial charge in [0.15, 0.2) is 0 Å². The first-order valence-corrected chi connectivity index (χ1v) is 12.9.